The smallest absolute Gasteiger partial charge is 0.354 e. The molecule has 1 N–H and O–H groups in total. The van der Waals surface area contributed by atoms with Gasteiger partial charge in [-0.2, -0.15) is 0 Å². The first-order valence-corrected chi connectivity index (χ1v) is 5.46. The van der Waals surface area contributed by atoms with Gasteiger partial charge >= 0.3 is 5.97 Å². The zero-order chi connectivity index (χ0) is 12.0. The number of rotatable bonds is 6. The van der Waals surface area contributed by atoms with Crippen molar-refractivity contribution in [3.63, 3.8) is 0 Å². The van der Waals surface area contributed by atoms with Crippen molar-refractivity contribution < 1.29 is 14.6 Å². The Morgan fingerprint density at radius 2 is 2.31 bits per heavy atom. The topological polar surface area (TPSA) is 59.4 Å². The lowest BCUT2D eigenvalue weighted by Gasteiger charge is -2.11. The molecule has 4 nitrogen and oxygen atoms in total. The molecule has 4 heteroatoms. The Morgan fingerprint density at radius 3 is 2.94 bits per heavy atom. The van der Waals surface area contributed by atoms with E-state index in [-0.39, 0.29) is 5.69 Å². The molecule has 1 aromatic rings. The number of aromatic carboxylic acids is 1. The van der Waals surface area contributed by atoms with Crippen LogP contribution in [-0.4, -0.2) is 22.7 Å². The van der Waals surface area contributed by atoms with Crippen LogP contribution in [0.15, 0.2) is 18.2 Å². The van der Waals surface area contributed by atoms with Crippen molar-refractivity contribution in [3.8, 4) is 5.88 Å². The number of hydrogen-bond acceptors (Lipinski definition) is 3. The van der Waals surface area contributed by atoms with Gasteiger partial charge in [0.1, 0.15) is 0 Å². The van der Waals surface area contributed by atoms with Crippen LogP contribution in [0.5, 0.6) is 5.88 Å². The number of nitrogens with zero attached hydrogens (tertiary/aromatic N) is 1. The van der Waals surface area contributed by atoms with Crippen LogP contribution in [0.4, 0.5) is 0 Å². The number of carbonyl (C=O) groups is 1. The third-order valence-electron chi connectivity index (χ3n) is 2.24. The first-order valence-electron chi connectivity index (χ1n) is 5.46. The molecule has 0 bridgehead atoms. The number of aromatic nitrogens is 1. The van der Waals surface area contributed by atoms with Crippen molar-refractivity contribution in [2.45, 2.75) is 26.7 Å². The first-order chi connectivity index (χ1) is 7.63. The highest BCUT2D eigenvalue weighted by Crippen LogP contribution is 2.11. The average Bonchev–Trinajstić information content (AvgIpc) is 2.27. The van der Waals surface area contributed by atoms with Crippen LogP contribution in [-0.2, 0) is 0 Å². The quantitative estimate of drug-likeness (QED) is 0.805. The van der Waals surface area contributed by atoms with Crippen LogP contribution < -0.4 is 4.74 Å². The molecule has 0 amide bonds. The van der Waals surface area contributed by atoms with Crippen molar-refractivity contribution in [1.82, 2.24) is 4.98 Å². The Labute approximate surface area is 95.3 Å². The minimum atomic E-state index is -1.04. The van der Waals surface area contributed by atoms with E-state index in [1.54, 1.807) is 12.1 Å². The van der Waals surface area contributed by atoms with E-state index in [1.807, 2.05) is 0 Å². The molecule has 0 aromatic carbocycles. The molecule has 88 valence electrons. The summed E-state index contributed by atoms with van der Waals surface area (Å²) in [6.07, 6.45) is 2.21. The van der Waals surface area contributed by atoms with Gasteiger partial charge in [-0.3, -0.25) is 0 Å². The lowest BCUT2D eigenvalue weighted by atomic mass is 10.1. The van der Waals surface area contributed by atoms with Crippen LogP contribution in [0.3, 0.4) is 0 Å². The highest BCUT2D eigenvalue weighted by atomic mass is 16.5. The molecule has 1 aromatic heterocycles. The molecule has 1 unspecified atom stereocenters. The molecular formula is C12H17NO3. The lowest BCUT2D eigenvalue weighted by Crippen LogP contribution is -2.10. The summed E-state index contributed by atoms with van der Waals surface area (Å²) in [5.74, 6) is -0.199. The minimum absolute atomic E-state index is 0.0145. The Hall–Kier alpha value is -1.58. The fourth-order valence-electron chi connectivity index (χ4n) is 1.42. The van der Waals surface area contributed by atoms with Crippen molar-refractivity contribution in [2.75, 3.05) is 6.61 Å². The van der Waals surface area contributed by atoms with Gasteiger partial charge in [-0.25, -0.2) is 9.78 Å². The molecule has 0 aliphatic rings. The maximum atomic E-state index is 10.7. The van der Waals surface area contributed by atoms with Crippen LogP contribution in [0, 0.1) is 5.92 Å². The third kappa shape index (κ3) is 3.88. The van der Waals surface area contributed by atoms with Crippen molar-refractivity contribution in [3.05, 3.63) is 23.9 Å². The molecule has 0 aliphatic heterocycles. The summed E-state index contributed by atoms with van der Waals surface area (Å²) in [5.41, 5.74) is 0.0145. The molecule has 1 heterocycles. The van der Waals surface area contributed by atoms with Gasteiger partial charge in [-0.1, -0.05) is 26.3 Å². The second kappa shape index (κ2) is 6.10. The third-order valence-corrected chi connectivity index (χ3v) is 2.24. The number of ether oxygens (including phenoxy) is 1. The predicted molar refractivity (Wildman–Crippen MR) is 60.8 cm³/mol. The Balaban J connectivity index is 2.54. The molecule has 0 radical (unpaired) electrons. The molecule has 1 atom stereocenters. The van der Waals surface area contributed by atoms with Crippen LogP contribution in [0.1, 0.15) is 37.2 Å². The largest absolute Gasteiger partial charge is 0.477 e. The first kappa shape index (κ1) is 12.5. The van der Waals surface area contributed by atoms with Crippen molar-refractivity contribution in [1.29, 1.82) is 0 Å². The maximum Gasteiger partial charge on any atom is 0.354 e. The summed E-state index contributed by atoms with van der Waals surface area (Å²) in [6, 6.07) is 4.76. The molecule has 0 spiro atoms. The maximum absolute atomic E-state index is 10.7. The summed E-state index contributed by atoms with van der Waals surface area (Å²) in [7, 11) is 0. The normalized spacial score (nSPS) is 12.1. The van der Waals surface area contributed by atoms with Crippen LogP contribution in [0.25, 0.3) is 0 Å². The van der Waals surface area contributed by atoms with E-state index in [9.17, 15) is 4.79 Å². The summed E-state index contributed by atoms with van der Waals surface area (Å²) >= 11 is 0. The molecule has 0 saturated carbocycles. The zero-order valence-corrected chi connectivity index (χ0v) is 9.64. The lowest BCUT2D eigenvalue weighted by molar-refractivity contribution is 0.0689. The fraction of sp³-hybridized carbons (Fsp3) is 0.500. The molecule has 1 rings (SSSR count). The number of pyridine rings is 1. The van der Waals surface area contributed by atoms with Gasteiger partial charge in [0.25, 0.3) is 0 Å². The molecule has 0 fully saturated rings. The van der Waals surface area contributed by atoms with E-state index in [4.69, 9.17) is 9.84 Å². The fourth-order valence-corrected chi connectivity index (χ4v) is 1.42. The van der Waals surface area contributed by atoms with E-state index in [0.29, 0.717) is 18.4 Å². The number of carboxylic acid groups (broad SMARTS) is 1. The van der Waals surface area contributed by atoms with Gasteiger partial charge in [0, 0.05) is 6.07 Å². The second-order valence-corrected chi connectivity index (χ2v) is 3.87. The highest BCUT2D eigenvalue weighted by molar-refractivity contribution is 5.85. The predicted octanol–water partition coefficient (Wildman–Crippen LogP) is 2.59. The van der Waals surface area contributed by atoms with Crippen molar-refractivity contribution in [2.24, 2.45) is 5.92 Å². The monoisotopic (exact) mass is 223 g/mol. The number of carboxylic acids is 1. The van der Waals surface area contributed by atoms with Crippen LogP contribution in [0.2, 0.25) is 0 Å². The summed E-state index contributed by atoms with van der Waals surface area (Å²) < 4.78 is 5.44. The van der Waals surface area contributed by atoms with Gasteiger partial charge < -0.3 is 9.84 Å². The molecular weight excluding hydrogens is 206 g/mol. The van der Waals surface area contributed by atoms with E-state index in [2.05, 4.69) is 18.8 Å². The van der Waals surface area contributed by atoms with E-state index < -0.39 is 5.97 Å². The summed E-state index contributed by atoms with van der Waals surface area (Å²) in [4.78, 5) is 14.6. The summed E-state index contributed by atoms with van der Waals surface area (Å²) in [6.45, 7) is 4.80. The Bertz CT molecular complexity index is 352. The van der Waals surface area contributed by atoms with E-state index >= 15 is 0 Å². The average molecular weight is 223 g/mol. The highest BCUT2D eigenvalue weighted by Gasteiger charge is 2.07. The van der Waals surface area contributed by atoms with Gasteiger partial charge in [0.15, 0.2) is 5.69 Å². The van der Waals surface area contributed by atoms with Gasteiger partial charge in [-0.05, 0) is 18.4 Å². The molecule has 0 saturated heterocycles. The standard InChI is InChI=1S/C12H17NO3/c1-3-5-9(2)8-16-11-7-4-6-10(13-11)12(14)15/h4,6-7,9H,3,5,8H2,1-2H3,(H,14,15). The number of hydrogen-bond donors (Lipinski definition) is 1. The Morgan fingerprint density at radius 1 is 1.56 bits per heavy atom. The van der Waals surface area contributed by atoms with Gasteiger partial charge in [-0.15, -0.1) is 0 Å². The van der Waals surface area contributed by atoms with Crippen LogP contribution >= 0.6 is 0 Å². The van der Waals surface area contributed by atoms with E-state index in [1.165, 1.54) is 6.07 Å². The SMILES string of the molecule is CCCC(C)COc1cccc(C(=O)O)n1. The molecule has 0 aliphatic carbocycles. The zero-order valence-electron chi connectivity index (χ0n) is 9.64. The summed E-state index contributed by atoms with van der Waals surface area (Å²) in [5, 5.41) is 8.75. The molecule has 16 heavy (non-hydrogen) atoms. The Kier molecular flexibility index (Phi) is 4.76. The van der Waals surface area contributed by atoms with E-state index in [0.717, 1.165) is 12.8 Å². The van der Waals surface area contributed by atoms with Gasteiger partial charge in [0.2, 0.25) is 5.88 Å². The van der Waals surface area contributed by atoms with Gasteiger partial charge in [0.05, 0.1) is 6.61 Å². The minimum Gasteiger partial charge on any atom is -0.477 e. The second-order valence-electron chi connectivity index (χ2n) is 3.87. The van der Waals surface area contributed by atoms with Crippen molar-refractivity contribution >= 4 is 5.97 Å².